The summed E-state index contributed by atoms with van der Waals surface area (Å²) in [4.78, 5) is 0. The van der Waals surface area contributed by atoms with E-state index in [0.717, 1.165) is 41.9 Å². The van der Waals surface area contributed by atoms with Crippen LogP contribution in [0.2, 0.25) is 0 Å². The summed E-state index contributed by atoms with van der Waals surface area (Å²) >= 11 is 0. The van der Waals surface area contributed by atoms with Crippen molar-refractivity contribution in [3.05, 3.63) is 82.9 Å². The molecule has 2 fully saturated rings. The van der Waals surface area contributed by atoms with Crippen molar-refractivity contribution in [3.8, 4) is 0 Å². The molecule has 0 amide bonds. The molecule has 2 aromatic carbocycles. The number of benzene rings is 2. The van der Waals surface area contributed by atoms with Crippen LogP contribution in [0.5, 0.6) is 0 Å². The Morgan fingerprint density at radius 1 is 1.03 bits per heavy atom. The Morgan fingerprint density at radius 3 is 2.17 bits per heavy atom. The summed E-state index contributed by atoms with van der Waals surface area (Å²) in [5.41, 5.74) is 8.05. The average molecular weight is 407 g/mol. The minimum absolute atomic E-state index is 0.233. The van der Waals surface area contributed by atoms with Crippen molar-refractivity contribution < 1.29 is 18.9 Å². The van der Waals surface area contributed by atoms with Crippen LogP contribution in [0.3, 0.4) is 0 Å². The first-order valence-corrected chi connectivity index (χ1v) is 10.5. The second-order valence-corrected chi connectivity index (χ2v) is 8.04. The van der Waals surface area contributed by atoms with Gasteiger partial charge < -0.3 is 18.9 Å². The highest BCUT2D eigenvalue weighted by atomic mass is 16.6. The third kappa shape index (κ3) is 5.46. The molecule has 2 aliphatic rings. The van der Waals surface area contributed by atoms with Gasteiger partial charge in [-0.05, 0) is 46.7 Å². The third-order valence-corrected chi connectivity index (χ3v) is 5.45. The Labute approximate surface area is 179 Å². The SMILES string of the molecule is C=Cc1cc(Cc2ccccc2)c(C(=C)C)c(COCC2CO2)c1COCC1CO1. The van der Waals surface area contributed by atoms with Gasteiger partial charge in [0.15, 0.2) is 0 Å². The number of hydrogen-bond donors (Lipinski definition) is 0. The van der Waals surface area contributed by atoms with Crippen LogP contribution >= 0.6 is 0 Å². The molecular formula is C26H30O4. The summed E-state index contributed by atoms with van der Waals surface area (Å²) in [6.07, 6.45) is 3.22. The molecule has 0 saturated carbocycles. The third-order valence-electron chi connectivity index (χ3n) is 5.45. The largest absolute Gasteiger partial charge is 0.374 e. The van der Waals surface area contributed by atoms with Gasteiger partial charge in [-0.1, -0.05) is 61.2 Å². The molecule has 2 aromatic rings. The van der Waals surface area contributed by atoms with Gasteiger partial charge in [-0.25, -0.2) is 0 Å². The van der Waals surface area contributed by atoms with Crippen LogP contribution < -0.4 is 0 Å². The van der Waals surface area contributed by atoms with Crippen LogP contribution in [-0.4, -0.2) is 38.6 Å². The molecule has 30 heavy (non-hydrogen) atoms. The van der Waals surface area contributed by atoms with E-state index in [4.69, 9.17) is 18.9 Å². The molecule has 0 aliphatic carbocycles. The lowest BCUT2D eigenvalue weighted by Gasteiger charge is -2.22. The highest BCUT2D eigenvalue weighted by Crippen LogP contribution is 2.32. The summed E-state index contributed by atoms with van der Waals surface area (Å²) in [6, 6.07) is 12.7. The zero-order valence-corrected chi connectivity index (χ0v) is 17.7. The van der Waals surface area contributed by atoms with E-state index in [0.29, 0.717) is 26.4 Å². The molecule has 2 atom stereocenters. The summed E-state index contributed by atoms with van der Waals surface area (Å²) in [6.45, 7) is 14.2. The van der Waals surface area contributed by atoms with Gasteiger partial charge in [0.25, 0.3) is 0 Å². The smallest absolute Gasteiger partial charge is 0.104 e. The Bertz CT molecular complexity index is 895. The molecular weight excluding hydrogens is 376 g/mol. The number of hydrogen-bond acceptors (Lipinski definition) is 4. The lowest BCUT2D eigenvalue weighted by atomic mass is 9.86. The topological polar surface area (TPSA) is 43.5 Å². The second-order valence-electron chi connectivity index (χ2n) is 8.04. The second kappa shape index (κ2) is 9.71. The van der Waals surface area contributed by atoms with E-state index in [2.05, 4.69) is 50.4 Å². The fourth-order valence-electron chi connectivity index (χ4n) is 3.78. The van der Waals surface area contributed by atoms with Gasteiger partial charge >= 0.3 is 0 Å². The van der Waals surface area contributed by atoms with Crippen LogP contribution in [-0.2, 0) is 38.6 Å². The molecule has 2 saturated heterocycles. The number of ether oxygens (including phenoxy) is 4. The molecule has 4 nitrogen and oxygen atoms in total. The van der Waals surface area contributed by atoms with Crippen molar-refractivity contribution in [2.24, 2.45) is 0 Å². The number of epoxide rings is 2. The molecule has 0 radical (unpaired) electrons. The normalized spacial score (nSPS) is 19.5. The molecule has 0 aromatic heterocycles. The Hall–Kier alpha value is -2.24. The molecule has 0 spiro atoms. The molecule has 2 unspecified atom stereocenters. The highest BCUT2D eigenvalue weighted by Gasteiger charge is 2.25. The molecule has 0 bridgehead atoms. The van der Waals surface area contributed by atoms with E-state index in [-0.39, 0.29) is 12.2 Å². The molecule has 2 heterocycles. The van der Waals surface area contributed by atoms with Gasteiger partial charge in [0.1, 0.15) is 12.2 Å². The van der Waals surface area contributed by atoms with Gasteiger partial charge in [-0.3, -0.25) is 0 Å². The van der Waals surface area contributed by atoms with Gasteiger partial charge in [-0.15, -0.1) is 0 Å². The average Bonchev–Trinajstić information content (AvgIpc) is 3.65. The van der Waals surface area contributed by atoms with Crippen molar-refractivity contribution in [1.82, 2.24) is 0 Å². The maximum absolute atomic E-state index is 6.04. The quantitative estimate of drug-likeness (QED) is 0.476. The maximum Gasteiger partial charge on any atom is 0.104 e. The number of rotatable bonds is 12. The van der Waals surface area contributed by atoms with Gasteiger partial charge in [-0.2, -0.15) is 0 Å². The first kappa shape index (κ1) is 21.0. The van der Waals surface area contributed by atoms with Crippen molar-refractivity contribution in [2.75, 3.05) is 26.4 Å². The van der Waals surface area contributed by atoms with Gasteiger partial charge in [0.2, 0.25) is 0 Å². The monoisotopic (exact) mass is 406 g/mol. The summed E-state index contributed by atoms with van der Waals surface area (Å²) in [5, 5.41) is 0. The lowest BCUT2D eigenvalue weighted by Crippen LogP contribution is -2.12. The summed E-state index contributed by atoms with van der Waals surface area (Å²) in [5.74, 6) is 0. The first-order valence-electron chi connectivity index (χ1n) is 10.5. The molecule has 0 N–H and O–H groups in total. The van der Waals surface area contributed by atoms with Crippen LogP contribution in [0.4, 0.5) is 0 Å². The summed E-state index contributed by atoms with van der Waals surface area (Å²) in [7, 11) is 0. The molecule has 4 heteroatoms. The molecule has 158 valence electrons. The highest BCUT2D eigenvalue weighted by molar-refractivity contribution is 5.73. The first-order chi connectivity index (χ1) is 14.7. The predicted molar refractivity (Wildman–Crippen MR) is 119 cm³/mol. The van der Waals surface area contributed by atoms with Crippen molar-refractivity contribution in [3.63, 3.8) is 0 Å². The van der Waals surface area contributed by atoms with Crippen LogP contribution in [0.15, 0.2) is 49.6 Å². The van der Waals surface area contributed by atoms with E-state index in [1.165, 1.54) is 16.7 Å². The van der Waals surface area contributed by atoms with Crippen molar-refractivity contribution in [1.29, 1.82) is 0 Å². The minimum Gasteiger partial charge on any atom is -0.374 e. The van der Waals surface area contributed by atoms with Gasteiger partial charge in [0.05, 0.1) is 39.6 Å². The van der Waals surface area contributed by atoms with E-state index >= 15 is 0 Å². The molecule has 2 aliphatic heterocycles. The van der Waals surface area contributed by atoms with Crippen LogP contribution in [0.25, 0.3) is 11.6 Å². The van der Waals surface area contributed by atoms with Crippen molar-refractivity contribution >= 4 is 11.6 Å². The lowest BCUT2D eigenvalue weighted by molar-refractivity contribution is 0.0915. The standard InChI is InChI=1S/C26H30O4/c1-4-20-11-21(10-19-8-6-5-7-9-19)26(18(2)3)25(17-28-13-23-15-30-23)24(20)16-27-12-22-14-29-22/h4-9,11,22-23H,1-2,10,12-17H2,3H3. The molecule has 4 rings (SSSR count). The Kier molecular flexibility index (Phi) is 6.80. The van der Waals surface area contributed by atoms with E-state index < -0.39 is 0 Å². The zero-order chi connectivity index (χ0) is 20.9. The predicted octanol–water partition coefficient (Wildman–Crippen LogP) is 4.78. The Morgan fingerprint density at radius 2 is 1.63 bits per heavy atom. The van der Waals surface area contributed by atoms with E-state index in [9.17, 15) is 0 Å². The minimum atomic E-state index is 0.233. The van der Waals surface area contributed by atoms with Crippen molar-refractivity contribution in [2.45, 2.75) is 38.8 Å². The van der Waals surface area contributed by atoms with E-state index in [1.54, 1.807) is 0 Å². The maximum atomic E-state index is 6.04. The fourth-order valence-corrected chi connectivity index (χ4v) is 3.78. The van der Waals surface area contributed by atoms with Crippen LogP contribution in [0, 0.1) is 0 Å². The summed E-state index contributed by atoms with van der Waals surface area (Å²) < 4.78 is 22.6. The van der Waals surface area contributed by atoms with E-state index in [1.807, 2.05) is 12.1 Å². The fraction of sp³-hybridized carbons (Fsp3) is 0.385. The number of allylic oxidation sites excluding steroid dienone is 1. The van der Waals surface area contributed by atoms with Crippen LogP contribution in [0.1, 0.15) is 40.3 Å². The van der Waals surface area contributed by atoms with Gasteiger partial charge in [0, 0.05) is 0 Å². The zero-order valence-electron chi connectivity index (χ0n) is 17.7. The Balaban J connectivity index is 1.68.